The van der Waals surface area contributed by atoms with Gasteiger partial charge in [-0.25, -0.2) is 4.98 Å². The van der Waals surface area contributed by atoms with Crippen LogP contribution in [0.1, 0.15) is 78.7 Å². The van der Waals surface area contributed by atoms with Gasteiger partial charge in [-0.1, -0.05) is 45.4 Å². The number of aromatic nitrogens is 1. The lowest BCUT2D eigenvalue weighted by Gasteiger charge is -2.01. The van der Waals surface area contributed by atoms with Crippen molar-refractivity contribution in [3.63, 3.8) is 0 Å². The maximum Gasteiger partial charge on any atom is 0.174 e. The smallest absolute Gasteiger partial charge is 0.174 e. The van der Waals surface area contributed by atoms with E-state index in [1.165, 1.54) is 49.9 Å². The number of carbonyl (C=O) groups is 1. The van der Waals surface area contributed by atoms with E-state index in [1.54, 1.807) is 0 Å². The summed E-state index contributed by atoms with van der Waals surface area (Å²) in [6.07, 6.45) is 9.48. The molecule has 0 fully saturated rings. The molecule has 0 spiro atoms. The van der Waals surface area contributed by atoms with E-state index in [9.17, 15) is 4.79 Å². The van der Waals surface area contributed by atoms with Gasteiger partial charge in [0.05, 0.1) is 15.6 Å². The van der Waals surface area contributed by atoms with Crippen LogP contribution in [-0.4, -0.2) is 10.8 Å². The Morgan fingerprint density at radius 3 is 2.22 bits per heavy atom. The molecule has 2 nitrogen and oxygen atoms in total. The molecule has 0 aliphatic carbocycles. The molecule has 3 heteroatoms. The molecule has 0 aliphatic heterocycles. The first-order valence-electron chi connectivity index (χ1n) is 7.12. The number of hydrogen-bond donors (Lipinski definition) is 0. The quantitative estimate of drug-likeness (QED) is 0.461. The Kier molecular flexibility index (Phi) is 7.18. The molecular formula is C15H25NOS. The summed E-state index contributed by atoms with van der Waals surface area (Å²) in [7, 11) is 0. The van der Waals surface area contributed by atoms with Gasteiger partial charge in [-0.2, -0.15) is 0 Å². The Morgan fingerprint density at radius 2 is 1.67 bits per heavy atom. The zero-order valence-electron chi connectivity index (χ0n) is 11.9. The molecule has 1 aromatic heterocycles. The summed E-state index contributed by atoms with van der Waals surface area (Å²) in [6.45, 7) is 6.13. The molecule has 1 aromatic rings. The van der Waals surface area contributed by atoms with Crippen LogP contribution in [0.5, 0.6) is 0 Å². The number of hydrogen-bond acceptors (Lipinski definition) is 3. The fourth-order valence-corrected chi connectivity index (χ4v) is 3.03. The van der Waals surface area contributed by atoms with Gasteiger partial charge in [0, 0.05) is 6.42 Å². The minimum absolute atomic E-state index is 0.284. The highest BCUT2D eigenvalue weighted by Gasteiger charge is 2.12. The van der Waals surface area contributed by atoms with Crippen LogP contribution < -0.4 is 0 Å². The summed E-state index contributed by atoms with van der Waals surface area (Å²) in [5.41, 5.74) is 0.908. The largest absolute Gasteiger partial charge is 0.293 e. The van der Waals surface area contributed by atoms with E-state index >= 15 is 0 Å². The second-order valence-corrected chi connectivity index (χ2v) is 6.15. The summed E-state index contributed by atoms with van der Waals surface area (Å²) in [5, 5.41) is 0.996. The van der Waals surface area contributed by atoms with Crippen molar-refractivity contribution in [2.45, 2.75) is 72.1 Å². The van der Waals surface area contributed by atoms with Gasteiger partial charge in [0.25, 0.3) is 0 Å². The van der Waals surface area contributed by atoms with Crippen molar-refractivity contribution >= 4 is 17.1 Å². The average Bonchev–Trinajstić information content (AvgIpc) is 2.67. The average molecular weight is 267 g/mol. The minimum Gasteiger partial charge on any atom is -0.293 e. The number of Topliss-reactive ketones (excluding diaryl/α,β-unsaturated/α-hetero) is 1. The zero-order chi connectivity index (χ0) is 13.4. The molecule has 0 saturated carbocycles. The number of thiazole rings is 1. The third-order valence-electron chi connectivity index (χ3n) is 3.16. The Labute approximate surface area is 115 Å². The maximum atomic E-state index is 12.0. The molecule has 0 N–H and O–H groups in total. The fraction of sp³-hybridized carbons (Fsp3) is 0.733. The van der Waals surface area contributed by atoms with Crippen LogP contribution in [0.2, 0.25) is 0 Å². The second kappa shape index (κ2) is 8.41. The van der Waals surface area contributed by atoms with Crippen molar-refractivity contribution in [1.82, 2.24) is 4.98 Å². The lowest BCUT2D eigenvalue weighted by Crippen LogP contribution is -1.98. The topological polar surface area (TPSA) is 30.0 Å². The van der Waals surface area contributed by atoms with E-state index in [1.807, 2.05) is 13.8 Å². The van der Waals surface area contributed by atoms with Gasteiger partial charge in [0.2, 0.25) is 0 Å². The van der Waals surface area contributed by atoms with Crippen LogP contribution in [0.4, 0.5) is 0 Å². The first kappa shape index (κ1) is 15.4. The van der Waals surface area contributed by atoms with Crippen LogP contribution in [0, 0.1) is 13.8 Å². The predicted molar refractivity (Wildman–Crippen MR) is 78.5 cm³/mol. The normalized spacial score (nSPS) is 10.8. The number of carbonyl (C=O) groups excluding carboxylic acids is 1. The van der Waals surface area contributed by atoms with Gasteiger partial charge >= 0.3 is 0 Å². The van der Waals surface area contributed by atoms with Crippen molar-refractivity contribution in [3.05, 3.63) is 15.6 Å². The molecule has 1 rings (SSSR count). The summed E-state index contributed by atoms with van der Waals surface area (Å²) < 4.78 is 0. The third-order valence-corrected chi connectivity index (χ3v) is 4.28. The summed E-state index contributed by atoms with van der Waals surface area (Å²) >= 11 is 1.54. The Hall–Kier alpha value is -0.700. The molecule has 0 atom stereocenters. The Morgan fingerprint density at radius 1 is 1.06 bits per heavy atom. The van der Waals surface area contributed by atoms with Crippen LogP contribution in [0.15, 0.2) is 0 Å². The molecule has 102 valence electrons. The van der Waals surface area contributed by atoms with Crippen LogP contribution in [-0.2, 0) is 0 Å². The van der Waals surface area contributed by atoms with Crippen molar-refractivity contribution in [2.24, 2.45) is 0 Å². The third kappa shape index (κ3) is 5.30. The molecule has 0 aliphatic rings. The molecule has 1 heterocycles. The summed E-state index contributed by atoms with van der Waals surface area (Å²) in [4.78, 5) is 17.2. The minimum atomic E-state index is 0.284. The van der Waals surface area contributed by atoms with E-state index in [0.29, 0.717) is 6.42 Å². The number of rotatable bonds is 9. The lowest BCUT2D eigenvalue weighted by molar-refractivity contribution is 0.0982. The molecule has 0 aromatic carbocycles. The van der Waals surface area contributed by atoms with Crippen LogP contribution in [0.25, 0.3) is 0 Å². The van der Waals surface area contributed by atoms with E-state index in [2.05, 4.69) is 11.9 Å². The van der Waals surface area contributed by atoms with Gasteiger partial charge in [-0.15, -0.1) is 11.3 Å². The van der Waals surface area contributed by atoms with Gasteiger partial charge in [-0.05, 0) is 20.3 Å². The van der Waals surface area contributed by atoms with E-state index in [-0.39, 0.29) is 5.78 Å². The maximum absolute atomic E-state index is 12.0. The first-order chi connectivity index (χ1) is 8.65. The van der Waals surface area contributed by atoms with Gasteiger partial charge in [0.1, 0.15) is 0 Å². The van der Waals surface area contributed by atoms with Crippen molar-refractivity contribution in [3.8, 4) is 0 Å². The Bertz CT molecular complexity index is 371. The number of aryl methyl sites for hydroxylation is 2. The standard InChI is InChI=1S/C15H25NOS/c1-4-5-6-7-8-9-10-11-14(17)15-12(2)16-13(3)18-15/h4-11H2,1-3H3. The molecule has 0 bridgehead atoms. The number of nitrogens with zero attached hydrogens (tertiary/aromatic N) is 1. The van der Waals surface area contributed by atoms with Crippen molar-refractivity contribution in [1.29, 1.82) is 0 Å². The molecule has 0 radical (unpaired) electrons. The SMILES string of the molecule is CCCCCCCCCC(=O)c1sc(C)nc1C. The van der Waals surface area contributed by atoms with E-state index in [0.717, 1.165) is 22.0 Å². The van der Waals surface area contributed by atoms with Crippen molar-refractivity contribution < 1.29 is 4.79 Å². The molecule has 0 amide bonds. The highest BCUT2D eigenvalue weighted by molar-refractivity contribution is 7.13. The van der Waals surface area contributed by atoms with Crippen LogP contribution in [0.3, 0.4) is 0 Å². The highest BCUT2D eigenvalue weighted by Crippen LogP contribution is 2.20. The molecule has 0 unspecified atom stereocenters. The first-order valence-corrected chi connectivity index (χ1v) is 7.94. The predicted octanol–water partition coefficient (Wildman–Crippen LogP) is 5.08. The van der Waals surface area contributed by atoms with Gasteiger partial charge < -0.3 is 0 Å². The Balaban J connectivity index is 2.16. The molecule has 0 saturated heterocycles. The van der Waals surface area contributed by atoms with Crippen LogP contribution >= 0.6 is 11.3 Å². The monoisotopic (exact) mass is 267 g/mol. The molecule has 18 heavy (non-hydrogen) atoms. The lowest BCUT2D eigenvalue weighted by atomic mass is 10.1. The second-order valence-electron chi connectivity index (χ2n) is 4.94. The highest BCUT2D eigenvalue weighted by atomic mass is 32.1. The number of ketones is 1. The van der Waals surface area contributed by atoms with Crippen molar-refractivity contribution in [2.75, 3.05) is 0 Å². The van der Waals surface area contributed by atoms with Gasteiger partial charge in [-0.3, -0.25) is 4.79 Å². The van der Waals surface area contributed by atoms with Gasteiger partial charge in [0.15, 0.2) is 5.78 Å². The summed E-state index contributed by atoms with van der Waals surface area (Å²) in [5.74, 6) is 0.284. The molecular weight excluding hydrogens is 242 g/mol. The van der Waals surface area contributed by atoms with E-state index in [4.69, 9.17) is 0 Å². The number of unbranched alkanes of at least 4 members (excludes halogenated alkanes) is 6. The summed E-state index contributed by atoms with van der Waals surface area (Å²) in [6, 6.07) is 0. The fourth-order valence-electron chi connectivity index (χ4n) is 2.15. The van der Waals surface area contributed by atoms with E-state index < -0.39 is 0 Å². The zero-order valence-corrected chi connectivity index (χ0v) is 12.7.